The van der Waals surface area contributed by atoms with E-state index in [9.17, 15) is 4.79 Å². The Kier molecular flexibility index (Phi) is 6.02. The van der Waals surface area contributed by atoms with Crippen LogP contribution in [0.15, 0.2) is 13.6 Å². The number of halogens is 2. The Morgan fingerprint density at radius 1 is 1.47 bits per heavy atom. The molecule has 19 heavy (non-hydrogen) atoms. The van der Waals surface area contributed by atoms with Crippen LogP contribution in [0.3, 0.4) is 0 Å². The molecule has 1 aliphatic rings. The molecule has 0 N–H and O–H groups in total. The molecule has 2 heterocycles. The van der Waals surface area contributed by atoms with Gasteiger partial charge < -0.3 is 4.74 Å². The summed E-state index contributed by atoms with van der Waals surface area (Å²) in [7, 11) is 0. The predicted molar refractivity (Wildman–Crippen MR) is 85.1 cm³/mol. The van der Waals surface area contributed by atoms with E-state index in [-0.39, 0.29) is 5.78 Å². The maximum atomic E-state index is 12.2. The highest BCUT2D eigenvalue weighted by Crippen LogP contribution is 2.32. The molecular weight excluding hydrogens is 394 g/mol. The summed E-state index contributed by atoms with van der Waals surface area (Å²) in [6, 6.07) is 1.89. The average molecular weight is 411 g/mol. The lowest BCUT2D eigenvalue weighted by Crippen LogP contribution is -2.39. The Labute approximate surface area is 134 Å². The maximum absolute atomic E-state index is 12.2. The largest absolute Gasteiger partial charge is 0.378 e. The van der Waals surface area contributed by atoms with Crippen LogP contribution in [-0.4, -0.2) is 43.0 Å². The summed E-state index contributed by atoms with van der Waals surface area (Å²) in [5, 5.41) is 0. The van der Waals surface area contributed by atoms with E-state index in [1.165, 1.54) is 0 Å². The second kappa shape index (κ2) is 7.31. The number of ketones is 1. The van der Waals surface area contributed by atoms with Crippen molar-refractivity contribution in [2.75, 3.05) is 26.2 Å². The molecule has 1 aromatic heterocycles. The number of piperidine rings is 1. The lowest BCUT2D eigenvalue weighted by atomic mass is 10.1. The molecule has 1 saturated heterocycles. The van der Waals surface area contributed by atoms with E-state index in [1.54, 1.807) is 11.3 Å². The average Bonchev–Trinajstić information content (AvgIpc) is 2.71. The number of carbonyl (C=O) groups excluding carboxylic acids is 1. The lowest BCUT2D eigenvalue weighted by Gasteiger charge is -2.31. The van der Waals surface area contributed by atoms with E-state index in [2.05, 4.69) is 36.8 Å². The molecule has 0 unspecified atom stereocenters. The molecule has 0 radical (unpaired) electrons. The standard InChI is InChI=1S/C13H17Br2NO2S/c1-2-18-9-3-5-16(6-4-9)8-11(17)10-7-12(14)19-13(10)15/h7,9H,2-6,8H2,1H3. The van der Waals surface area contributed by atoms with Gasteiger partial charge in [-0.05, 0) is 57.7 Å². The number of thiophene rings is 1. The van der Waals surface area contributed by atoms with Crippen LogP contribution in [0.25, 0.3) is 0 Å². The van der Waals surface area contributed by atoms with Crippen LogP contribution in [-0.2, 0) is 4.74 Å². The van der Waals surface area contributed by atoms with Gasteiger partial charge in [0.15, 0.2) is 5.78 Å². The number of hydrogen-bond donors (Lipinski definition) is 0. The molecule has 0 spiro atoms. The summed E-state index contributed by atoms with van der Waals surface area (Å²) < 4.78 is 7.51. The van der Waals surface area contributed by atoms with E-state index in [1.807, 2.05) is 13.0 Å². The Bertz CT molecular complexity index is 442. The van der Waals surface area contributed by atoms with Crippen molar-refractivity contribution in [3.8, 4) is 0 Å². The molecule has 1 fully saturated rings. The van der Waals surface area contributed by atoms with Crippen LogP contribution in [0.4, 0.5) is 0 Å². The number of rotatable bonds is 5. The van der Waals surface area contributed by atoms with Crippen molar-refractivity contribution < 1.29 is 9.53 Å². The normalized spacial score (nSPS) is 17.8. The Hall–Kier alpha value is 0.250. The van der Waals surface area contributed by atoms with Crippen molar-refractivity contribution in [1.29, 1.82) is 0 Å². The second-order valence-corrected chi connectivity index (χ2v) is 8.34. The number of Topliss-reactive ketones (excluding diaryl/α,β-unsaturated/α-hetero) is 1. The van der Waals surface area contributed by atoms with Crippen LogP contribution in [0.5, 0.6) is 0 Å². The van der Waals surface area contributed by atoms with E-state index < -0.39 is 0 Å². The monoisotopic (exact) mass is 409 g/mol. The van der Waals surface area contributed by atoms with Crippen molar-refractivity contribution in [1.82, 2.24) is 4.90 Å². The SMILES string of the molecule is CCOC1CCN(CC(=O)c2cc(Br)sc2Br)CC1. The summed E-state index contributed by atoms with van der Waals surface area (Å²) in [6.07, 6.45) is 2.42. The summed E-state index contributed by atoms with van der Waals surface area (Å²) in [5.74, 6) is 0.184. The van der Waals surface area contributed by atoms with E-state index in [0.717, 1.165) is 45.7 Å². The van der Waals surface area contributed by atoms with E-state index >= 15 is 0 Å². The highest BCUT2D eigenvalue weighted by Gasteiger charge is 2.22. The van der Waals surface area contributed by atoms with Gasteiger partial charge in [-0.15, -0.1) is 11.3 Å². The van der Waals surface area contributed by atoms with Crippen LogP contribution in [0, 0.1) is 0 Å². The van der Waals surface area contributed by atoms with Gasteiger partial charge in [-0.1, -0.05) is 0 Å². The number of ether oxygens (including phenoxy) is 1. The minimum absolute atomic E-state index is 0.184. The first-order valence-corrected chi connectivity index (χ1v) is 8.82. The molecule has 6 heteroatoms. The Balaban J connectivity index is 1.85. The molecule has 1 aliphatic heterocycles. The Morgan fingerprint density at radius 2 is 2.16 bits per heavy atom. The molecule has 0 atom stereocenters. The molecular formula is C13H17Br2NO2S. The van der Waals surface area contributed by atoms with Gasteiger partial charge in [-0.2, -0.15) is 0 Å². The van der Waals surface area contributed by atoms with Crippen LogP contribution in [0.1, 0.15) is 30.1 Å². The molecule has 2 rings (SSSR count). The summed E-state index contributed by atoms with van der Waals surface area (Å²) in [6.45, 7) is 5.20. The molecule has 0 amide bonds. The lowest BCUT2D eigenvalue weighted by molar-refractivity contribution is 0.0147. The third-order valence-corrected chi connectivity index (χ3v) is 5.60. The topological polar surface area (TPSA) is 29.5 Å². The number of carbonyl (C=O) groups is 1. The highest BCUT2D eigenvalue weighted by molar-refractivity contribution is 9.12. The number of likely N-dealkylation sites (tertiary alicyclic amines) is 1. The van der Waals surface area contributed by atoms with Crippen LogP contribution in [0.2, 0.25) is 0 Å². The molecule has 0 bridgehead atoms. The summed E-state index contributed by atoms with van der Waals surface area (Å²) in [4.78, 5) is 14.5. The number of nitrogens with zero attached hydrogens (tertiary/aromatic N) is 1. The summed E-state index contributed by atoms with van der Waals surface area (Å²) >= 11 is 8.39. The van der Waals surface area contributed by atoms with E-state index in [4.69, 9.17) is 4.74 Å². The van der Waals surface area contributed by atoms with Crippen molar-refractivity contribution in [3.63, 3.8) is 0 Å². The minimum Gasteiger partial charge on any atom is -0.378 e. The third-order valence-electron chi connectivity index (χ3n) is 3.26. The van der Waals surface area contributed by atoms with Gasteiger partial charge in [0.25, 0.3) is 0 Å². The Morgan fingerprint density at radius 3 is 2.68 bits per heavy atom. The summed E-state index contributed by atoms with van der Waals surface area (Å²) in [5.41, 5.74) is 0.781. The van der Waals surface area contributed by atoms with Gasteiger partial charge in [0.2, 0.25) is 0 Å². The quantitative estimate of drug-likeness (QED) is 0.688. The fourth-order valence-electron chi connectivity index (χ4n) is 2.29. The third kappa shape index (κ3) is 4.36. The first kappa shape index (κ1) is 15.6. The highest BCUT2D eigenvalue weighted by atomic mass is 79.9. The fraction of sp³-hybridized carbons (Fsp3) is 0.615. The van der Waals surface area contributed by atoms with Crippen molar-refractivity contribution in [2.45, 2.75) is 25.9 Å². The van der Waals surface area contributed by atoms with Gasteiger partial charge in [-0.25, -0.2) is 0 Å². The molecule has 3 nitrogen and oxygen atoms in total. The predicted octanol–water partition coefficient (Wildman–Crippen LogP) is 3.96. The fourth-order valence-corrected chi connectivity index (χ4v) is 5.14. The second-order valence-electron chi connectivity index (χ2n) is 4.59. The van der Waals surface area contributed by atoms with Gasteiger partial charge in [-0.3, -0.25) is 9.69 Å². The molecule has 1 aromatic rings. The van der Waals surface area contributed by atoms with Crippen molar-refractivity contribution in [2.24, 2.45) is 0 Å². The first-order valence-electron chi connectivity index (χ1n) is 6.42. The van der Waals surface area contributed by atoms with Crippen LogP contribution >= 0.6 is 43.2 Å². The van der Waals surface area contributed by atoms with Crippen molar-refractivity contribution in [3.05, 3.63) is 19.2 Å². The van der Waals surface area contributed by atoms with Crippen LogP contribution < -0.4 is 0 Å². The van der Waals surface area contributed by atoms with Crippen molar-refractivity contribution >= 4 is 49.0 Å². The van der Waals surface area contributed by atoms with E-state index in [0.29, 0.717) is 12.6 Å². The zero-order valence-corrected chi connectivity index (χ0v) is 14.8. The smallest absolute Gasteiger partial charge is 0.178 e. The molecule has 0 saturated carbocycles. The van der Waals surface area contributed by atoms with Gasteiger partial charge >= 0.3 is 0 Å². The zero-order valence-electron chi connectivity index (χ0n) is 10.8. The molecule has 0 aromatic carbocycles. The van der Waals surface area contributed by atoms with Gasteiger partial charge in [0.1, 0.15) is 0 Å². The molecule has 0 aliphatic carbocycles. The molecule has 106 valence electrons. The van der Waals surface area contributed by atoms with Gasteiger partial charge in [0, 0.05) is 25.3 Å². The first-order chi connectivity index (χ1) is 9.10. The zero-order chi connectivity index (χ0) is 13.8. The maximum Gasteiger partial charge on any atom is 0.178 e. The number of hydrogen-bond acceptors (Lipinski definition) is 4. The minimum atomic E-state index is 0.184. The van der Waals surface area contributed by atoms with Gasteiger partial charge in [0.05, 0.1) is 20.2 Å².